The summed E-state index contributed by atoms with van der Waals surface area (Å²) in [5, 5.41) is 9.81. The highest BCUT2D eigenvalue weighted by Crippen LogP contribution is 2.32. The molecule has 7 nitrogen and oxygen atoms in total. The van der Waals surface area contributed by atoms with Crippen LogP contribution in [0.15, 0.2) is 88.9 Å². The minimum Gasteiger partial charge on any atom is -0.496 e. The number of thioether (sulfide) groups is 1. The van der Waals surface area contributed by atoms with Crippen LogP contribution < -0.4 is 10.3 Å². The van der Waals surface area contributed by atoms with Gasteiger partial charge in [0.15, 0.2) is 11.0 Å². The molecule has 0 bridgehead atoms. The molecule has 0 aliphatic heterocycles. The molecule has 0 saturated heterocycles. The van der Waals surface area contributed by atoms with Crippen LogP contribution in [0, 0.1) is 6.92 Å². The Bertz CT molecular complexity index is 1530. The van der Waals surface area contributed by atoms with Crippen LogP contribution in [0.1, 0.15) is 16.8 Å². The van der Waals surface area contributed by atoms with E-state index in [1.807, 2.05) is 61.5 Å². The maximum absolute atomic E-state index is 12.6. The third-order valence-electron chi connectivity index (χ3n) is 5.82. The van der Waals surface area contributed by atoms with E-state index < -0.39 is 0 Å². The van der Waals surface area contributed by atoms with Crippen molar-refractivity contribution in [3.05, 3.63) is 106 Å². The van der Waals surface area contributed by atoms with Gasteiger partial charge in [-0.25, -0.2) is 4.98 Å². The number of benzene rings is 2. The Kier molecular flexibility index (Phi) is 6.63. The third-order valence-corrected chi connectivity index (χ3v) is 6.82. The van der Waals surface area contributed by atoms with Crippen LogP contribution in [0.3, 0.4) is 0 Å². The summed E-state index contributed by atoms with van der Waals surface area (Å²) in [5.41, 5.74) is 4.39. The molecule has 0 radical (unpaired) electrons. The molecule has 0 atom stereocenters. The summed E-state index contributed by atoms with van der Waals surface area (Å²) in [5.74, 6) is 2.01. The maximum atomic E-state index is 12.6. The van der Waals surface area contributed by atoms with E-state index in [0.29, 0.717) is 23.6 Å². The lowest BCUT2D eigenvalue weighted by Crippen LogP contribution is -2.15. The predicted molar refractivity (Wildman–Crippen MR) is 138 cm³/mol. The molecule has 0 N–H and O–H groups in total. The Balaban J connectivity index is 1.47. The summed E-state index contributed by atoms with van der Waals surface area (Å²) in [7, 11) is 1.66. The van der Waals surface area contributed by atoms with Crippen molar-refractivity contribution in [1.29, 1.82) is 0 Å². The molecule has 0 amide bonds. The van der Waals surface area contributed by atoms with E-state index in [1.165, 1.54) is 17.3 Å². The number of aromatic nitrogens is 5. The third kappa shape index (κ3) is 4.83. The quantitative estimate of drug-likeness (QED) is 0.295. The first-order valence-electron chi connectivity index (χ1n) is 11.4. The second-order valence-corrected chi connectivity index (χ2v) is 9.10. The molecule has 0 spiro atoms. The minimum absolute atomic E-state index is 0.0884. The fraction of sp³-hybridized carbons (Fsp3) is 0.185. The van der Waals surface area contributed by atoms with E-state index in [-0.39, 0.29) is 5.56 Å². The second kappa shape index (κ2) is 10.1. The average Bonchev–Trinajstić information content (AvgIpc) is 3.30. The van der Waals surface area contributed by atoms with Gasteiger partial charge in [-0.05, 0) is 42.7 Å². The molecule has 8 heteroatoms. The predicted octanol–water partition coefficient (Wildman–Crippen LogP) is 4.81. The molecule has 3 heterocycles. The van der Waals surface area contributed by atoms with Crippen molar-refractivity contribution in [2.24, 2.45) is 0 Å². The summed E-state index contributed by atoms with van der Waals surface area (Å²) >= 11 is 1.53. The molecule has 0 saturated carbocycles. The monoisotopic (exact) mass is 483 g/mol. The van der Waals surface area contributed by atoms with Gasteiger partial charge in [0.2, 0.25) is 0 Å². The first-order chi connectivity index (χ1) is 17.1. The highest BCUT2D eigenvalue weighted by molar-refractivity contribution is 7.98. The van der Waals surface area contributed by atoms with Gasteiger partial charge in [0.25, 0.3) is 5.56 Å². The van der Waals surface area contributed by atoms with Crippen LogP contribution in [0.5, 0.6) is 5.75 Å². The molecule has 2 aromatic carbocycles. The topological polar surface area (TPSA) is 74.3 Å². The van der Waals surface area contributed by atoms with Crippen LogP contribution >= 0.6 is 11.8 Å². The van der Waals surface area contributed by atoms with Crippen LogP contribution in [0.4, 0.5) is 0 Å². The van der Waals surface area contributed by atoms with Gasteiger partial charge in [-0.1, -0.05) is 60.3 Å². The Morgan fingerprint density at radius 2 is 1.77 bits per heavy atom. The van der Waals surface area contributed by atoms with E-state index in [0.717, 1.165) is 34.3 Å². The first kappa shape index (κ1) is 22.9. The Morgan fingerprint density at radius 3 is 2.60 bits per heavy atom. The fourth-order valence-electron chi connectivity index (χ4n) is 4.03. The van der Waals surface area contributed by atoms with Gasteiger partial charge in [-0.3, -0.25) is 9.20 Å². The van der Waals surface area contributed by atoms with E-state index in [1.54, 1.807) is 23.8 Å². The van der Waals surface area contributed by atoms with Gasteiger partial charge in [0.05, 0.1) is 18.4 Å². The van der Waals surface area contributed by atoms with E-state index >= 15 is 0 Å². The molecular formula is C27H25N5O2S. The molecule has 5 rings (SSSR count). The molecule has 0 aliphatic rings. The Labute approximate surface area is 207 Å². The second-order valence-electron chi connectivity index (χ2n) is 8.15. The number of nitrogens with zero attached hydrogens (tertiary/aromatic N) is 5. The van der Waals surface area contributed by atoms with E-state index in [2.05, 4.69) is 26.9 Å². The first-order valence-corrected chi connectivity index (χ1v) is 12.3. The van der Waals surface area contributed by atoms with E-state index in [9.17, 15) is 4.79 Å². The van der Waals surface area contributed by atoms with Crippen molar-refractivity contribution in [3.8, 4) is 17.1 Å². The van der Waals surface area contributed by atoms with Crippen molar-refractivity contribution in [3.63, 3.8) is 0 Å². The summed E-state index contributed by atoms with van der Waals surface area (Å²) in [6, 6.07) is 23.6. The van der Waals surface area contributed by atoms with Crippen molar-refractivity contribution in [1.82, 2.24) is 24.1 Å². The molecule has 0 unspecified atom stereocenters. The van der Waals surface area contributed by atoms with Crippen LogP contribution in [-0.4, -0.2) is 31.3 Å². The Morgan fingerprint density at radius 1 is 0.971 bits per heavy atom. The number of hydrogen-bond acceptors (Lipinski definition) is 6. The van der Waals surface area contributed by atoms with E-state index in [4.69, 9.17) is 9.72 Å². The van der Waals surface area contributed by atoms with Gasteiger partial charge >= 0.3 is 0 Å². The summed E-state index contributed by atoms with van der Waals surface area (Å²) in [6.45, 7) is 2.66. The lowest BCUT2D eigenvalue weighted by molar-refractivity contribution is 0.415. The number of fused-ring (bicyclic) bond motifs is 1. The SMILES string of the molecule is COc1ccccc1-c1nnc(SCc2cc(=O)n3cccc(C)c3n2)n1CCc1ccccc1. The molecule has 176 valence electrons. The van der Waals surface area contributed by atoms with Crippen LogP contribution in [-0.2, 0) is 18.7 Å². The number of aryl methyl sites for hydroxylation is 2. The van der Waals surface area contributed by atoms with Gasteiger partial charge in [-0.15, -0.1) is 10.2 Å². The van der Waals surface area contributed by atoms with Gasteiger partial charge in [0.1, 0.15) is 11.4 Å². The number of hydrogen-bond donors (Lipinski definition) is 0. The molecule has 35 heavy (non-hydrogen) atoms. The van der Waals surface area contributed by atoms with Gasteiger partial charge in [0, 0.05) is 24.6 Å². The fourth-order valence-corrected chi connectivity index (χ4v) is 4.89. The number of pyridine rings is 1. The average molecular weight is 484 g/mol. The summed E-state index contributed by atoms with van der Waals surface area (Å²) < 4.78 is 9.28. The van der Waals surface area contributed by atoms with Gasteiger partial charge < -0.3 is 9.30 Å². The minimum atomic E-state index is -0.0884. The normalized spacial score (nSPS) is 11.1. The van der Waals surface area contributed by atoms with Crippen LogP contribution in [0.25, 0.3) is 17.0 Å². The number of methoxy groups -OCH3 is 1. The molecule has 0 aliphatic carbocycles. The maximum Gasteiger partial charge on any atom is 0.258 e. The summed E-state index contributed by atoms with van der Waals surface area (Å²) in [4.78, 5) is 17.3. The smallest absolute Gasteiger partial charge is 0.258 e. The lowest BCUT2D eigenvalue weighted by atomic mass is 10.1. The molecule has 0 fully saturated rings. The largest absolute Gasteiger partial charge is 0.496 e. The zero-order valence-electron chi connectivity index (χ0n) is 19.6. The zero-order valence-corrected chi connectivity index (χ0v) is 20.4. The van der Waals surface area contributed by atoms with Crippen LogP contribution in [0.2, 0.25) is 0 Å². The summed E-state index contributed by atoms with van der Waals surface area (Å²) in [6.07, 6.45) is 2.58. The standard InChI is InChI=1S/C27H25N5O2S/c1-19-9-8-15-31-24(33)17-21(28-25(19)31)18-35-27-30-29-26(22-12-6-7-13-23(22)34-2)32(27)16-14-20-10-4-3-5-11-20/h3-13,15,17H,14,16,18H2,1-2H3. The lowest BCUT2D eigenvalue weighted by Gasteiger charge is -2.12. The Hall–Kier alpha value is -3.91. The molecular weight excluding hydrogens is 458 g/mol. The van der Waals surface area contributed by atoms with Crippen molar-refractivity contribution in [2.75, 3.05) is 7.11 Å². The number of rotatable bonds is 8. The molecule has 3 aromatic heterocycles. The zero-order chi connectivity index (χ0) is 24.2. The highest BCUT2D eigenvalue weighted by atomic mass is 32.2. The molecule has 5 aromatic rings. The number of ether oxygens (including phenoxy) is 1. The van der Waals surface area contributed by atoms with Crippen molar-refractivity contribution < 1.29 is 4.74 Å². The van der Waals surface area contributed by atoms with Gasteiger partial charge in [-0.2, -0.15) is 0 Å². The van der Waals surface area contributed by atoms with Crippen molar-refractivity contribution in [2.45, 2.75) is 30.8 Å². The number of para-hydroxylation sites is 1. The van der Waals surface area contributed by atoms with Crippen molar-refractivity contribution >= 4 is 17.4 Å². The highest BCUT2D eigenvalue weighted by Gasteiger charge is 2.18.